The number of piperidine rings is 1. The number of nitrogens with zero attached hydrogens (tertiary/aromatic N) is 5. The molecule has 0 saturated carbocycles. The Morgan fingerprint density at radius 3 is 2.34 bits per heavy atom. The number of carbonyl (C=O) groups is 3. The Bertz CT molecular complexity index is 1410. The van der Waals surface area contributed by atoms with Gasteiger partial charge in [-0.25, -0.2) is 14.8 Å². The van der Waals surface area contributed by atoms with Gasteiger partial charge in [0, 0.05) is 58.2 Å². The molecule has 0 spiro atoms. The number of alkyl halides is 3. The van der Waals surface area contributed by atoms with E-state index in [2.05, 4.69) is 32.0 Å². The second kappa shape index (κ2) is 16.9. The molecule has 47 heavy (non-hydrogen) atoms. The van der Waals surface area contributed by atoms with Crippen LogP contribution in [0.1, 0.15) is 75.2 Å². The number of urea groups is 1. The molecule has 3 heterocycles. The lowest BCUT2D eigenvalue weighted by Gasteiger charge is -2.34. The number of nitrogens with one attached hydrogen (secondary N) is 3. The lowest BCUT2D eigenvalue weighted by atomic mass is 9.93. The van der Waals surface area contributed by atoms with Crippen molar-refractivity contribution in [3.05, 3.63) is 47.3 Å². The number of carbonyl (C=O) groups excluding carboxylic acids is 3. The van der Waals surface area contributed by atoms with Gasteiger partial charge in [-0.2, -0.15) is 18.4 Å². The third kappa shape index (κ3) is 10.6. The Morgan fingerprint density at radius 1 is 0.957 bits per heavy atom. The smallest absolute Gasteiger partial charge is 0.356 e. The average molecular weight is 657 g/mol. The van der Waals surface area contributed by atoms with Crippen LogP contribution < -0.4 is 25.8 Å². The van der Waals surface area contributed by atoms with Gasteiger partial charge in [-0.05, 0) is 75.5 Å². The van der Waals surface area contributed by atoms with E-state index >= 15 is 0 Å². The highest BCUT2D eigenvalue weighted by Crippen LogP contribution is 2.34. The van der Waals surface area contributed by atoms with E-state index < -0.39 is 18.0 Å². The molecule has 3 amide bonds. The molecule has 2 aliphatic rings. The minimum atomic E-state index is -4.74. The molecule has 3 N–H and O–H groups in total. The van der Waals surface area contributed by atoms with E-state index in [-0.39, 0.29) is 48.2 Å². The van der Waals surface area contributed by atoms with Crippen molar-refractivity contribution in [3.63, 3.8) is 0 Å². The van der Waals surface area contributed by atoms with Crippen molar-refractivity contribution in [2.45, 2.75) is 76.9 Å². The number of amides is 3. The van der Waals surface area contributed by atoms with Gasteiger partial charge in [0.1, 0.15) is 11.6 Å². The van der Waals surface area contributed by atoms with E-state index in [1.165, 1.54) is 0 Å². The van der Waals surface area contributed by atoms with Crippen molar-refractivity contribution in [2.24, 2.45) is 5.92 Å². The summed E-state index contributed by atoms with van der Waals surface area (Å²) in [5, 5.41) is 17.1. The number of Topliss-reactive ketones (excluding diaryl/α,β-unsaturated/α-hetero) is 1. The summed E-state index contributed by atoms with van der Waals surface area (Å²) in [4.78, 5) is 48.1. The largest absolute Gasteiger partial charge is 0.451 e. The monoisotopic (exact) mass is 656 g/mol. The normalized spacial score (nSPS) is 16.9. The highest BCUT2D eigenvalue weighted by molar-refractivity contribution is 5.87. The summed E-state index contributed by atoms with van der Waals surface area (Å²) in [6.07, 6.45) is 0.445. The van der Waals surface area contributed by atoms with Crippen molar-refractivity contribution >= 4 is 29.4 Å². The molecule has 2 fully saturated rings. The maximum absolute atomic E-state index is 13.9. The van der Waals surface area contributed by atoms with Gasteiger partial charge < -0.3 is 25.8 Å². The van der Waals surface area contributed by atoms with Crippen molar-refractivity contribution in [2.75, 3.05) is 49.1 Å². The summed E-state index contributed by atoms with van der Waals surface area (Å²) in [6, 6.07) is 9.98. The zero-order valence-electron chi connectivity index (χ0n) is 26.7. The van der Waals surface area contributed by atoms with Gasteiger partial charge in [0.15, 0.2) is 5.78 Å². The maximum atomic E-state index is 13.9. The van der Waals surface area contributed by atoms with Crippen LogP contribution in [0.4, 0.5) is 29.6 Å². The number of rotatable bonds is 14. The van der Waals surface area contributed by atoms with E-state index in [0.717, 1.165) is 24.8 Å². The number of nitriles is 1. The fraction of sp³-hybridized carbons (Fsp3) is 0.576. The highest BCUT2D eigenvalue weighted by Gasteiger charge is 2.38. The standard InChI is InChI=1S/C33H43F3N8O3/c1-2-38-30(46)13-17-40-32(47)39-16-12-24-14-19-43(20-15-24)28-21-29(42-31(41-28)33(34,35)36)44-18-4-6-26(44)27(45)7-3-5-23-8-10-25(22-37)11-9-23/h8-11,21,24,26H,2-7,12-20H2,1H3,(H,38,46)(H2,39,40,47)/t26-/m0/s1. The number of aromatic nitrogens is 2. The fourth-order valence-electron chi connectivity index (χ4n) is 6.09. The lowest BCUT2D eigenvalue weighted by molar-refractivity contribution is -0.144. The number of hydrogen-bond acceptors (Lipinski definition) is 8. The van der Waals surface area contributed by atoms with Gasteiger partial charge in [-0.3, -0.25) is 9.59 Å². The van der Waals surface area contributed by atoms with Gasteiger partial charge in [-0.15, -0.1) is 0 Å². The van der Waals surface area contributed by atoms with E-state index in [9.17, 15) is 27.6 Å². The van der Waals surface area contributed by atoms with Crippen molar-refractivity contribution in [1.82, 2.24) is 25.9 Å². The molecule has 1 atom stereocenters. The van der Waals surface area contributed by atoms with E-state index in [1.54, 1.807) is 23.1 Å². The Labute approximate surface area is 273 Å². The molecule has 1 aromatic heterocycles. The molecule has 1 aromatic carbocycles. The summed E-state index contributed by atoms with van der Waals surface area (Å²) in [6.45, 7) is 4.51. The summed E-state index contributed by atoms with van der Waals surface area (Å²) in [7, 11) is 0. The lowest BCUT2D eigenvalue weighted by Crippen LogP contribution is -2.40. The predicted octanol–water partition coefficient (Wildman–Crippen LogP) is 4.36. The first-order chi connectivity index (χ1) is 22.6. The Balaban J connectivity index is 1.31. The number of halogens is 3. The maximum Gasteiger partial charge on any atom is 0.451 e. The average Bonchev–Trinajstić information content (AvgIpc) is 3.55. The fourth-order valence-corrected chi connectivity index (χ4v) is 6.09. The molecule has 0 aliphatic carbocycles. The number of aryl methyl sites for hydroxylation is 1. The Hall–Kier alpha value is -4.41. The molecule has 0 bridgehead atoms. The minimum absolute atomic E-state index is 0.0186. The SMILES string of the molecule is CCNC(=O)CCNC(=O)NCCC1CCN(c2cc(N3CCC[C@H]3C(=O)CCCc3ccc(C#N)cc3)nc(C(F)(F)F)n2)CC1. The molecular weight excluding hydrogens is 613 g/mol. The first-order valence-corrected chi connectivity index (χ1v) is 16.4. The summed E-state index contributed by atoms with van der Waals surface area (Å²) < 4.78 is 41.8. The molecule has 254 valence electrons. The molecule has 2 aromatic rings. The second-order valence-electron chi connectivity index (χ2n) is 12.0. The molecule has 0 radical (unpaired) electrons. The van der Waals surface area contributed by atoms with E-state index in [1.807, 2.05) is 24.0 Å². The molecular formula is C33H43F3N8O3. The van der Waals surface area contributed by atoms with Crippen LogP contribution in [0.2, 0.25) is 0 Å². The van der Waals surface area contributed by atoms with Crippen LogP contribution in [0.25, 0.3) is 0 Å². The van der Waals surface area contributed by atoms with Crippen LogP contribution in [0.5, 0.6) is 0 Å². The molecule has 2 saturated heterocycles. The van der Waals surface area contributed by atoms with E-state index in [0.29, 0.717) is 70.4 Å². The molecule has 14 heteroatoms. The molecule has 2 aliphatic heterocycles. The first kappa shape index (κ1) is 35.4. The summed E-state index contributed by atoms with van der Waals surface area (Å²) >= 11 is 0. The van der Waals surface area contributed by atoms with Gasteiger partial charge in [-0.1, -0.05) is 12.1 Å². The number of hydrogen-bond donors (Lipinski definition) is 3. The molecule has 11 nitrogen and oxygen atoms in total. The Kier molecular flexibility index (Phi) is 12.8. The first-order valence-electron chi connectivity index (χ1n) is 16.4. The Morgan fingerprint density at radius 2 is 1.66 bits per heavy atom. The van der Waals surface area contributed by atoms with Crippen LogP contribution in [0.3, 0.4) is 0 Å². The molecule has 4 rings (SSSR count). The molecule has 0 unspecified atom stereocenters. The summed E-state index contributed by atoms with van der Waals surface area (Å²) in [5.41, 5.74) is 1.59. The number of anilines is 2. The van der Waals surface area contributed by atoms with Crippen LogP contribution in [0, 0.1) is 17.2 Å². The van der Waals surface area contributed by atoms with Crippen molar-refractivity contribution in [1.29, 1.82) is 5.26 Å². The van der Waals surface area contributed by atoms with Crippen LogP contribution in [0.15, 0.2) is 30.3 Å². The highest BCUT2D eigenvalue weighted by atomic mass is 19.4. The third-order valence-corrected chi connectivity index (χ3v) is 8.63. The quantitative estimate of drug-likeness (QED) is 0.272. The van der Waals surface area contributed by atoms with Gasteiger partial charge in [0.25, 0.3) is 0 Å². The zero-order valence-corrected chi connectivity index (χ0v) is 26.7. The van der Waals surface area contributed by atoms with Gasteiger partial charge in [0.05, 0.1) is 17.7 Å². The van der Waals surface area contributed by atoms with Crippen LogP contribution >= 0.6 is 0 Å². The predicted molar refractivity (Wildman–Crippen MR) is 171 cm³/mol. The zero-order chi connectivity index (χ0) is 33.8. The van der Waals surface area contributed by atoms with Crippen molar-refractivity contribution < 1.29 is 27.6 Å². The number of benzene rings is 1. The topological polar surface area (TPSA) is 143 Å². The second-order valence-corrected chi connectivity index (χ2v) is 12.0. The minimum Gasteiger partial charge on any atom is -0.356 e. The van der Waals surface area contributed by atoms with Gasteiger partial charge >= 0.3 is 12.2 Å². The van der Waals surface area contributed by atoms with Crippen LogP contribution in [-0.4, -0.2) is 73.0 Å². The van der Waals surface area contributed by atoms with Crippen molar-refractivity contribution in [3.8, 4) is 6.07 Å². The van der Waals surface area contributed by atoms with E-state index in [4.69, 9.17) is 5.26 Å². The van der Waals surface area contributed by atoms with Crippen LogP contribution in [-0.2, 0) is 22.2 Å². The summed E-state index contributed by atoms with van der Waals surface area (Å²) in [5.74, 6) is -0.753. The third-order valence-electron chi connectivity index (χ3n) is 8.63. The van der Waals surface area contributed by atoms with Gasteiger partial charge in [0.2, 0.25) is 11.7 Å². The number of ketones is 1.